The van der Waals surface area contributed by atoms with E-state index in [4.69, 9.17) is 5.73 Å². The van der Waals surface area contributed by atoms with E-state index < -0.39 is 11.7 Å². The Morgan fingerprint density at radius 1 is 1.56 bits per heavy atom. The van der Waals surface area contributed by atoms with Crippen LogP contribution < -0.4 is 16.4 Å². The average Bonchev–Trinajstić information content (AvgIpc) is 2.81. The van der Waals surface area contributed by atoms with Gasteiger partial charge in [0.1, 0.15) is 5.82 Å². The lowest BCUT2D eigenvalue weighted by molar-refractivity contribution is 0.0997. The van der Waals surface area contributed by atoms with Crippen molar-refractivity contribution in [3.05, 3.63) is 29.6 Å². The summed E-state index contributed by atoms with van der Waals surface area (Å²) in [6.45, 7) is 1.76. The zero-order chi connectivity index (χ0) is 13.0. The van der Waals surface area contributed by atoms with Crippen molar-refractivity contribution in [1.82, 2.24) is 5.32 Å². The molecule has 0 bridgehead atoms. The second-order valence-corrected chi connectivity index (χ2v) is 4.54. The zero-order valence-electron chi connectivity index (χ0n) is 10.2. The van der Waals surface area contributed by atoms with Crippen molar-refractivity contribution in [2.45, 2.75) is 25.3 Å². The first kappa shape index (κ1) is 12.8. The molecule has 1 aliphatic heterocycles. The van der Waals surface area contributed by atoms with Crippen molar-refractivity contribution in [3.63, 3.8) is 0 Å². The first-order valence-electron chi connectivity index (χ1n) is 6.24. The summed E-state index contributed by atoms with van der Waals surface area (Å²) < 4.78 is 13.5. The molecule has 0 saturated carbocycles. The lowest BCUT2D eigenvalue weighted by Crippen LogP contribution is -2.24. The number of nitrogens with one attached hydrogen (secondary N) is 2. The summed E-state index contributed by atoms with van der Waals surface area (Å²) in [5, 5.41) is 6.47. The van der Waals surface area contributed by atoms with Gasteiger partial charge in [-0.25, -0.2) is 4.39 Å². The molecule has 0 unspecified atom stereocenters. The van der Waals surface area contributed by atoms with Crippen molar-refractivity contribution in [2.24, 2.45) is 5.73 Å². The van der Waals surface area contributed by atoms with Gasteiger partial charge in [0.15, 0.2) is 0 Å². The van der Waals surface area contributed by atoms with E-state index in [1.807, 2.05) is 0 Å². The number of halogens is 1. The third-order valence-electron chi connectivity index (χ3n) is 3.23. The van der Waals surface area contributed by atoms with Crippen LogP contribution >= 0.6 is 0 Å². The molecule has 1 fully saturated rings. The monoisotopic (exact) mass is 251 g/mol. The molecule has 1 saturated heterocycles. The highest BCUT2D eigenvalue weighted by molar-refractivity contribution is 5.98. The summed E-state index contributed by atoms with van der Waals surface area (Å²) in [5.41, 5.74) is 5.59. The molecule has 98 valence electrons. The van der Waals surface area contributed by atoms with Crippen LogP contribution in [0.5, 0.6) is 0 Å². The number of carbonyl (C=O) groups is 1. The summed E-state index contributed by atoms with van der Waals surface area (Å²) >= 11 is 0. The molecular weight excluding hydrogens is 233 g/mol. The van der Waals surface area contributed by atoms with E-state index in [0.717, 1.165) is 13.0 Å². The van der Waals surface area contributed by atoms with Gasteiger partial charge < -0.3 is 16.4 Å². The molecule has 1 aromatic carbocycles. The highest BCUT2D eigenvalue weighted by Crippen LogP contribution is 2.18. The Morgan fingerprint density at radius 2 is 2.39 bits per heavy atom. The summed E-state index contributed by atoms with van der Waals surface area (Å²) in [6.07, 6.45) is 3.33. The van der Waals surface area contributed by atoms with Crippen LogP contribution in [-0.4, -0.2) is 25.0 Å². The Labute approximate surface area is 106 Å². The molecule has 18 heavy (non-hydrogen) atoms. The van der Waals surface area contributed by atoms with E-state index in [-0.39, 0.29) is 5.56 Å². The average molecular weight is 251 g/mol. The van der Waals surface area contributed by atoms with E-state index >= 15 is 0 Å². The number of carbonyl (C=O) groups excluding carboxylic acids is 1. The third-order valence-corrected chi connectivity index (χ3v) is 3.23. The minimum Gasteiger partial charge on any atom is -0.384 e. The summed E-state index contributed by atoms with van der Waals surface area (Å²) in [7, 11) is 0. The largest absolute Gasteiger partial charge is 0.384 e. The molecule has 1 atom stereocenters. The molecule has 0 aromatic heterocycles. The smallest absolute Gasteiger partial charge is 0.253 e. The van der Waals surface area contributed by atoms with Crippen LogP contribution in [-0.2, 0) is 0 Å². The number of anilines is 1. The number of benzene rings is 1. The van der Waals surface area contributed by atoms with Crippen molar-refractivity contribution in [1.29, 1.82) is 0 Å². The Hall–Kier alpha value is -1.62. The van der Waals surface area contributed by atoms with Gasteiger partial charge in [0, 0.05) is 18.3 Å². The maximum Gasteiger partial charge on any atom is 0.253 e. The molecule has 1 aromatic rings. The van der Waals surface area contributed by atoms with Gasteiger partial charge in [0.05, 0.1) is 5.56 Å². The van der Waals surface area contributed by atoms with Gasteiger partial charge in [0.2, 0.25) is 0 Å². The van der Waals surface area contributed by atoms with Crippen LogP contribution in [0, 0.1) is 5.82 Å². The third kappa shape index (κ3) is 2.98. The van der Waals surface area contributed by atoms with E-state index in [1.165, 1.54) is 18.9 Å². The SMILES string of the molecule is NC(=O)c1c(F)cccc1NCC[C@@H]1CCCN1. The van der Waals surface area contributed by atoms with Crippen LogP contribution in [0.3, 0.4) is 0 Å². The molecule has 5 heteroatoms. The summed E-state index contributed by atoms with van der Waals surface area (Å²) in [6, 6.07) is 5.00. The molecule has 1 heterocycles. The van der Waals surface area contributed by atoms with Crippen molar-refractivity contribution in [3.8, 4) is 0 Å². The summed E-state index contributed by atoms with van der Waals surface area (Å²) in [4.78, 5) is 11.2. The van der Waals surface area contributed by atoms with Gasteiger partial charge in [-0.15, -0.1) is 0 Å². The lowest BCUT2D eigenvalue weighted by atomic mass is 10.1. The van der Waals surface area contributed by atoms with Gasteiger partial charge in [0.25, 0.3) is 5.91 Å². The van der Waals surface area contributed by atoms with Gasteiger partial charge in [-0.1, -0.05) is 6.07 Å². The van der Waals surface area contributed by atoms with Crippen molar-refractivity contribution in [2.75, 3.05) is 18.4 Å². The Bertz CT molecular complexity index is 430. The number of rotatable bonds is 5. The molecule has 0 aliphatic carbocycles. The number of primary amides is 1. The first-order chi connectivity index (χ1) is 8.68. The standard InChI is InChI=1S/C13H18FN3O/c14-10-4-1-5-11(12(10)13(15)18)17-8-6-9-3-2-7-16-9/h1,4-5,9,16-17H,2-3,6-8H2,(H2,15,18)/t9-/m0/s1. The Morgan fingerprint density at radius 3 is 3.06 bits per heavy atom. The number of amides is 1. The minimum atomic E-state index is -0.741. The zero-order valence-corrected chi connectivity index (χ0v) is 10.2. The molecule has 2 rings (SSSR count). The molecule has 0 spiro atoms. The van der Waals surface area contributed by atoms with E-state index in [1.54, 1.807) is 12.1 Å². The minimum absolute atomic E-state index is 0.0584. The highest BCUT2D eigenvalue weighted by atomic mass is 19.1. The van der Waals surface area contributed by atoms with Gasteiger partial charge in [-0.05, 0) is 37.9 Å². The van der Waals surface area contributed by atoms with Crippen LogP contribution in [0.1, 0.15) is 29.6 Å². The fraction of sp³-hybridized carbons (Fsp3) is 0.462. The van der Waals surface area contributed by atoms with E-state index in [9.17, 15) is 9.18 Å². The number of nitrogens with two attached hydrogens (primary N) is 1. The fourth-order valence-electron chi connectivity index (χ4n) is 2.31. The topological polar surface area (TPSA) is 67.2 Å². The maximum absolute atomic E-state index is 13.5. The Balaban J connectivity index is 1.96. The predicted molar refractivity (Wildman–Crippen MR) is 69.0 cm³/mol. The van der Waals surface area contributed by atoms with E-state index in [0.29, 0.717) is 18.3 Å². The number of hydrogen-bond donors (Lipinski definition) is 3. The molecule has 4 nitrogen and oxygen atoms in total. The van der Waals surface area contributed by atoms with Gasteiger partial charge in [-0.2, -0.15) is 0 Å². The lowest BCUT2D eigenvalue weighted by Gasteiger charge is -2.13. The van der Waals surface area contributed by atoms with Crippen LogP contribution in [0.25, 0.3) is 0 Å². The molecule has 1 amide bonds. The molecule has 1 aliphatic rings. The molecule has 0 radical (unpaired) electrons. The van der Waals surface area contributed by atoms with Gasteiger partial charge in [-0.3, -0.25) is 4.79 Å². The highest BCUT2D eigenvalue weighted by Gasteiger charge is 2.15. The normalized spacial score (nSPS) is 18.8. The first-order valence-corrected chi connectivity index (χ1v) is 6.24. The molecular formula is C13H18FN3O. The fourth-order valence-corrected chi connectivity index (χ4v) is 2.31. The summed E-state index contributed by atoms with van der Waals surface area (Å²) in [5.74, 6) is -1.32. The Kier molecular flexibility index (Phi) is 4.15. The maximum atomic E-state index is 13.5. The molecule has 4 N–H and O–H groups in total. The van der Waals surface area contributed by atoms with Gasteiger partial charge >= 0.3 is 0 Å². The van der Waals surface area contributed by atoms with Crippen LogP contribution in [0.4, 0.5) is 10.1 Å². The second kappa shape index (κ2) is 5.82. The van der Waals surface area contributed by atoms with Crippen molar-refractivity contribution < 1.29 is 9.18 Å². The number of hydrogen-bond acceptors (Lipinski definition) is 3. The quantitative estimate of drug-likeness (QED) is 0.742. The van der Waals surface area contributed by atoms with Crippen molar-refractivity contribution >= 4 is 11.6 Å². The van der Waals surface area contributed by atoms with E-state index in [2.05, 4.69) is 10.6 Å². The van der Waals surface area contributed by atoms with Crippen LogP contribution in [0.15, 0.2) is 18.2 Å². The second-order valence-electron chi connectivity index (χ2n) is 4.54. The van der Waals surface area contributed by atoms with Crippen LogP contribution in [0.2, 0.25) is 0 Å². The predicted octanol–water partition coefficient (Wildman–Crippen LogP) is 1.48.